The first kappa shape index (κ1) is 23.8. The number of nitriles is 1. The largest absolute Gasteiger partial charge is 0.462 e. The predicted octanol–water partition coefficient (Wildman–Crippen LogP) is -2.22. The summed E-state index contributed by atoms with van der Waals surface area (Å²) in [6.45, 7) is 0.889. The van der Waals surface area contributed by atoms with Crippen LogP contribution in [-0.4, -0.2) is 98.7 Å². The van der Waals surface area contributed by atoms with Gasteiger partial charge in [0, 0.05) is 0 Å². The minimum absolute atomic E-state index is 0.237. The van der Waals surface area contributed by atoms with Crippen LogP contribution < -0.4 is 4.74 Å². The zero-order valence-electron chi connectivity index (χ0n) is 16.8. The van der Waals surface area contributed by atoms with Crippen LogP contribution in [0, 0.1) is 11.3 Å². The van der Waals surface area contributed by atoms with E-state index in [1.807, 2.05) is 6.07 Å². The van der Waals surface area contributed by atoms with Crippen molar-refractivity contribution >= 4 is 0 Å². The lowest BCUT2D eigenvalue weighted by molar-refractivity contribution is -0.350. The molecule has 2 aliphatic rings. The van der Waals surface area contributed by atoms with Gasteiger partial charge in [-0.1, -0.05) is 12.1 Å². The first-order valence-corrected chi connectivity index (χ1v) is 9.87. The van der Waals surface area contributed by atoms with Crippen molar-refractivity contribution in [3.63, 3.8) is 0 Å². The topological polar surface area (TPSA) is 182 Å². The minimum Gasteiger partial charge on any atom is -0.462 e. The standard InChI is InChI=1S/C20H27NO10/c1-9-13(23)18(31-19-16(26)15(25)14(24)12(8-22)30-19)17(27)20(28-9)29-11-4-2-10(3-5-11)6-7-21/h2-5,9,12-20,22-27H,6,8H2,1H3/t9-,12+,13-,14+,15-,16+,17+,18+,19-,20-/m0/s1. The second-order valence-electron chi connectivity index (χ2n) is 7.59. The summed E-state index contributed by atoms with van der Waals surface area (Å²) in [5.74, 6) is 0.348. The van der Waals surface area contributed by atoms with Crippen molar-refractivity contribution in [3.8, 4) is 11.8 Å². The molecule has 2 saturated heterocycles. The Morgan fingerprint density at radius 2 is 1.58 bits per heavy atom. The fraction of sp³-hybridized carbons (Fsp3) is 0.650. The molecule has 0 spiro atoms. The average molecular weight is 441 g/mol. The molecular formula is C20H27NO10. The molecule has 1 aromatic rings. The molecule has 0 bridgehead atoms. The van der Waals surface area contributed by atoms with Crippen molar-refractivity contribution in [2.75, 3.05) is 6.61 Å². The van der Waals surface area contributed by atoms with E-state index in [0.717, 1.165) is 5.56 Å². The second kappa shape index (κ2) is 10.2. The molecule has 3 rings (SSSR count). The molecule has 11 heteroatoms. The summed E-state index contributed by atoms with van der Waals surface area (Å²) in [6.07, 6.45) is -13.7. The molecule has 31 heavy (non-hydrogen) atoms. The first-order valence-electron chi connectivity index (χ1n) is 9.87. The van der Waals surface area contributed by atoms with Crippen molar-refractivity contribution in [1.82, 2.24) is 0 Å². The van der Waals surface area contributed by atoms with E-state index in [-0.39, 0.29) is 6.42 Å². The van der Waals surface area contributed by atoms with Crippen LogP contribution in [0.3, 0.4) is 0 Å². The Labute approximate surface area is 178 Å². The summed E-state index contributed by atoms with van der Waals surface area (Å²) >= 11 is 0. The van der Waals surface area contributed by atoms with E-state index in [1.165, 1.54) is 6.92 Å². The lowest BCUT2D eigenvalue weighted by Crippen LogP contribution is -2.64. The maximum atomic E-state index is 10.7. The van der Waals surface area contributed by atoms with Gasteiger partial charge in [-0.3, -0.25) is 0 Å². The summed E-state index contributed by atoms with van der Waals surface area (Å²) in [5.41, 5.74) is 0.785. The maximum absolute atomic E-state index is 10.7. The Morgan fingerprint density at radius 1 is 0.903 bits per heavy atom. The first-order chi connectivity index (χ1) is 14.8. The normalized spacial score (nSPS) is 40.8. The van der Waals surface area contributed by atoms with Crippen LogP contribution in [0.5, 0.6) is 5.75 Å². The number of hydrogen-bond donors (Lipinski definition) is 6. The zero-order valence-corrected chi connectivity index (χ0v) is 16.8. The molecule has 172 valence electrons. The van der Waals surface area contributed by atoms with E-state index in [4.69, 9.17) is 24.2 Å². The number of hydrogen-bond acceptors (Lipinski definition) is 11. The molecule has 6 N–H and O–H groups in total. The molecule has 0 aromatic heterocycles. The third-order valence-corrected chi connectivity index (χ3v) is 5.38. The Bertz CT molecular complexity index is 753. The van der Waals surface area contributed by atoms with Crippen LogP contribution in [0.2, 0.25) is 0 Å². The molecule has 11 nitrogen and oxygen atoms in total. The highest BCUT2D eigenvalue weighted by Gasteiger charge is 2.50. The smallest absolute Gasteiger partial charge is 0.229 e. The number of ether oxygens (including phenoxy) is 4. The monoisotopic (exact) mass is 441 g/mol. The van der Waals surface area contributed by atoms with Crippen LogP contribution >= 0.6 is 0 Å². The van der Waals surface area contributed by atoms with Gasteiger partial charge in [0.25, 0.3) is 0 Å². The van der Waals surface area contributed by atoms with Crippen molar-refractivity contribution < 1.29 is 49.6 Å². The molecule has 0 unspecified atom stereocenters. The van der Waals surface area contributed by atoms with E-state index in [9.17, 15) is 30.6 Å². The summed E-state index contributed by atoms with van der Waals surface area (Å²) < 4.78 is 22.1. The van der Waals surface area contributed by atoms with E-state index in [0.29, 0.717) is 5.75 Å². The minimum atomic E-state index is -1.69. The quantitative estimate of drug-likeness (QED) is 0.281. The molecule has 0 saturated carbocycles. The van der Waals surface area contributed by atoms with Crippen molar-refractivity contribution in [2.24, 2.45) is 0 Å². The maximum Gasteiger partial charge on any atom is 0.229 e. The van der Waals surface area contributed by atoms with Crippen molar-refractivity contribution in [1.29, 1.82) is 5.26 Å². The summed E-state index contributed by atoms with van der Waals surface area (Å²) in [5, 5.41) is 69.2. The summed E-state index contributed by atoms with van der Waals surface area (Å²) in [6, 6.07) is 8.62. The van der Waals surface area contributed by atoms with Gasteiger partial charge < -0.3 is 49.6 Å². The summed E-state index contributed by atoms with van der Waals surface area (Å²) in [4.78, 5) is 0. The molecule has 0 radical (unpaired) electrons. The highest BCUT2D eigenvalue weighted by molar-refractivity contribution is 5.29. The third-order valence-electron chi connectivity index (χ3n) is 5.38. The van der Waals surface area contributed by atoms with Gasteiger partial charge >= 0.3 is 0 Å². The second-order valence-corrected chi connectivity index (χ2v) is 7.59. The number of rotatable bonds is 6. The van der Waals surface area contributed by atoms with Gasteiger partial charge in [-0.15, -0.1) is 0 Å². The molecule has 0 aliphatic carbocycles. The highest BCUT2D eigenvalue weighted by atomic mass is 16.7. The molecular weight excluding hydrogens is 414 g/mol. The molecule has 2 heterocycles. The molecule has 2 fully saturated rings. The van der Waals surface area contributed by atoms with Crippen LogP contribution in [0.4, 0.5) is 0 Å². The Kier molecular flexibility index (Phi) is 7.82. The molecule has 10 atom stereocenters. The SMILES string of the molecule is C[C@@H]1O[C@@H](Oc2ccc(CC#N)cc2)[C@H](O)[C@H](O[C@@H]2O[C@H](CO)[C@@H](O)[C@H](O)[C@H]2O)[C@H]1O. The van der Waals surface area contributed by atoms with Gasteiger partial charge in [0.1, 0.15) is 48.5 Å². The lowest BCUT2D eigenvalue weighted by atomic mass is 9.97. The van der Waals surface area contributed by atoms with E-state index in [2.05, 4.69) is 0 Å². The van der Waals surface area contributed by atoms with Gasteiger partial charge in [0.2, 0.25) is 6.29 Å². The van der Waals surface area contributed by atoms with Crippen LogP contribution in [0.1, 0.15) is 12.5 Å². The van der Waals surface area contributed by atoms with Crippen molar-refractivity contribution in [2.45, 2.75) is 74.8 Å². The zero-order chi connectivity index (χ0) is 22.7. The van der Waals surface area contributed by atoms with E-state index in [1.54, 1.807) is 24.3 Å². The third kappa shape index (κ3) is 5.15. The van der Waals surface area contributed by atoms with Crippen LogP contribution in [-0.2, 0) is 20.6 Å². The van der Waals surface area contributed by atoms with Crippen LogP contribution in [0.15, 0.2) is 24.3 Å². The van der Waals surface area contributed by atoms with Gasteiger partial charge in [-0.05, 0) is 24.6 Å². The van der Waals surface area contributed by atoms with Crippen LogP contribution in [0.25, 0.3) is 0 Å². The Balaban J connectivity index is 1.71. The van der Waals surface area contributed by atoms with Gasteiger partial charge in [0.05, 0.1) is 25.2 Å². The lowest BCUT2D eigenvalue weighted by Gasteiger charge is -2.45. The van der Waals surface area contributed by atoms with E-state index < -0.39 is 68.0 Å². The molecule has 1 aromatic carbocycles. The number of aliphatic hydroxyl groups excluding tert-OH is 6. The fourth-order valence-corrected chi connectivity index (χ4v) is 3.50. The Hall–Kier alpha value is -1.85. The average Bonchev–Trinajstić information content (AvgIpc) is 2.76. The van der Waals surface area contributed by atoms with Crippen molar-refractivity contribution in [3.05, 3.63) is 29.8 Å². The number of aliphatic hydroxyl groups is 6. The number of nitrogens with zero attached hydrogens (tertiary/aromatic N) is 1. The van der Waals surface area contributed by atoms with Gasteiger partial charge in [0.15, 0.2) is 6.29 Å². The molecule has 0 amide bonds. The van der Waals surface area contributed by atoms with E-state index >= 15 is 0 Å². The summed E-state index contributed by atoms with van der Waals surface area (Å²) in [7, 11) is 0. The van der Waals surface area contributed by atoms with Gasteiger partial charge in [-0.2, -0.15) is 5.26 Å². The molecule has 2 aliphatic heterocycles. The predicted molar refractivity (Wildman–Crippen MR) is 101 cm³/mol. The van der Waals surface area contributed by atoms with Gasteiger partial charge in [-0.25, -0.2) is 0 Å². The number of benzene rings is 1. The Morgan fingerprint density at radius 3 is 2.19 bits per heavy atom. The fourth-order valence-electron chi connectivity index (χ4n) is 3.50. The highest BCUT2D eigenvalue weighted by Crippen LogP contribution is 2.30.